The predicted molar refractivity (Wildman–Crippen MR) is 88.4 cm³/mol. The van der Waals surface area contributed by atoms with E-state index in [1.165, 1.54) is 0 Å². The molecule has 2 N–H and O–H groups in total. The summed E-state index contributed by atoms with van der Waals surface area (Å²) >= 11 is 0. The van der Waals surface area contributed by atoms with Gasteiger partial charge in [0.2, 0.25) is 5.75 Å². The van der Waals surface area contributed by atoms with Crippen molar-refractivity contribution in [3.8, 4) is 17.2 Å². The van der Waals surface area contributed by atoms with E-state index < -0.39 is 12.0 Å². The molecule has 1 atom stereocenters. The Kier molecular flexibility index (Phi) is 7.68. The third-order valence-corrected chi connectivity index (χ3v) is 3.37. The minimum atomic E-state index is -0.844. The van der Waals surface area contributed by atoms with Crippen LogP contribution in [0.4, 0.5) is 0 Å². The van der Waals surface area contributed by atoms with Gasteiger partial charge in [-0.2, -0.15) is 0 Å². The van der Waals surface area contributed by atoms with Crippen LogP contribution in [0, 0.1) is 5.92 Å². The van der Waals surface area contributed by atoms with Crippen LogP contribution in [0.25, 0.3) is 0 Å². The second kappa shape index (κ2) is 9.25. The summed E-state index contributed by atoms with van der Waals surface area (Å²) in [4.78, 5) is 11.3. The summed E-state index contributed by atoms with van der Waals surface area (Å²) in [6.07, 6.45) is 0.570. The summed E-state index contributed by atoms with van der Waals surface area (Å²) in [5.74, 6) is 1.15. The molecule has 0 aliphatic carbocycles. The maximum atomic E-state index is 11.3. The molecule has 0 bridgehead atoms. The first kappa shape index (κ1) is 19.1. The average Bonchev–Trinajstić information content (AvgIpc) is 2.51. The number of hydrogen-bond acceptors (Lipinski definition) is 5. The summed E-state index contributed by atoms with van der Waals surface area (Å²) in [7, 11) is 3.13. The molecule has 0 saturated heterocycles. The minimum absolute atomic E-state index is 0.299. The Hall–Kier alpha value is -1.95. The van der Waals surface area contributed by atoms with E-state index in [0.29, 0.717) is 42.7 Å². The summed E-state index contributed by atoms with van der Waals surface area (Å²) in [6, 6.07) is 3.07. The van der Waals surface area contributed by atoms with Crippen molar-refractivity contribution in [3.05, 3.63) is 17.7 Å². The van der Waals surface area contributed by atoms with E-state index in [2.05, 4.69) is 5.32 Å². The number of benzene rings is 1. The Morgan fingerprint density at radius 3 is 2.17 bits per heavy atom. The zero-order chi connectivity index (χ0) is 17.4. The highest BCUT2D eigenvalue weighted by Gasteiger charge is 2.19. The molecule has 0 aromatic heterocycles. The van der Waals surface area contributed by atoms with Crippen LogP contribution in [0.2, 0.25) is 0 Å². The lowest BCUT2D eigenvalue weighted by molar-refractivity contribution is -0.140. The van der Waals surface area contributed by atoms with Crippen LogP contribution in [0.15, 0.2) is 12.1 Å². The fraction of sp³-hybridized carbons (Fsp3) is 0.588. The fourth-order valence-corrected chi connectivity index (χ4v) is 2.31. The first-order valence-corrected chi connectivity index (χ1v) is 7.76. The zero-order valence-electron chi connectivity index (χ0n) is 14.5. The number of methoxy groups -OCH3 is 2. The summed E-state index contributed by atoms with van der Waals surface area (Å²) < 4.78 is 16.3. The highest BCUT2D eigenvalue weighted by atomic mass is 16.5. The Morgan fingerprint density at radius 2 is 1.78 bits per heavy atom. The molecular formula is C17H27NO5. The molecule has 1 aromatic rings. The van der Waals surface area contributed by atoms with Crippen molar-refractivity contribution in [1.29, 1.82) is 0 Å². The van der Waals surface area contributed by atoms with Gasteiger partial charge in [0, 0.05) is 6.54 Å². The van der Waals surface area contributed by atoms with Crippen molar-refractivity contribution in [2.24, 2.45) is 5.92 Å². The van der Waals surface area contributed by atoms with Crippen molar-refractivity contribution in [2.45, 2.75) is 39.8 Å². The maximum Gasteiger partial charge on any atom is 0.320 e. The van der Waals surface area contributed by atoms with Crippen LogP contribution in [0.5, 0.6) is 17.2 Å². The third-order valence-electron chi connectivity index (χ3n) is 3.37. The highest BCUT2D eigenvalue weighted by Crippen LogP contribution is 2.38. The van der Waals surface area contributed by atoms with Crippen LogP contribution in [-0.4, -0.2) is 37.9 Å². The van der Waals surface area contributed by atoms with Crippen LogP contribution in [0.1, 0.15) is 32.8 Å². The molecule has 0 aliphatic rings. The van der Waals surface area contributed by atoms with Gasteiger partial charge in [0.25, 0.3) is 0 Å². The van der Waals surface area contributed by atoms with Crippen molar-refractivity contribution in [3.63, 3.8) is 0 Å². The van der Waals surface area contributed by atoms with Crippen LogP contribution >= 0.6 is 0 Å². The molecule has 0 fully saturated rings. The lowest BCUT2D eigenvalue weighted by atomic mass is 10.0. The molecule has 6 nitrogen and oxygen atoms in total. The molecule has 0 unspecified atom stereocenters. The second-order valence-corrected chi connectivity index (χ2v) is 5.66. The average molecular weight is 325 g/mol. The molecule has 0 spiro atoms. The van der Waals surface area contributed by atoms with Gasteiger partial charge in [-0.1, -0.05) is 13.8 Å². The number of ether oxygens (including phenoxy) is 3. The fourth-order valence-electron chi connectivity index (χ4n) is 2.31. The number of aliphatic carboxylic acids is 1. The first-order chi connectivity index (χ1) is 10.9. The van der Waals surface area contributed by atoms with E-state index in [1.54, 1.807) is 14.2 Å². The van der Waals surface area contributed by atoms with Crippen LogP contribution < -0.4 is 19.5 Å². The SMILES string of the molecule is CCOc1c(OC)cc(CN[C@@H](CC(C)C)C(=O)O)cc1OC. The van der Waals surface area contributed by atoms with Crippen molar-refractivity contribution < 1.29 is 24.1 Å². The van der Waals surface area contributed by atoms with Gasteiger partial charge >= 0.3 is 5.97 Å². The Labute approximate surface area is 137 Å². The predicted octanol–water partition coefficient (Wildman–Crippen LogP) is 2.69. The normalized spacial score (nSPS) is 12.1. The quantitative estimate of drug-likeness (QED) is 0.689. The van der Waals surface area contributed by atoms with Crippen molar-refractivity contribution in [1.82, 2.24) is 5.32 Å². The van der Waals surface area contributed by atoms with Crippen molar-refractivity contribution in [2.75, 3.05) is 20.8 Å². The number of hydrogen-bond donors (Lipinski definition) is 2. The largest absolute Gasteiger partial charge is 0.493 e. The van der Waals surface area contributed by atoms with Gasteiger partial charge in [0.05, 0.1) is 20.8 Å². The Morgan fingerprint density at radius 1 is 1.22 bits per heavy atom. The number of carbonyl (C=O) groups is 1. The third kappa shape index (κ3) is 5.63. The molecule has 0 amide bonds. The van der Waals surface area contributed by atoms with E-state index in [9.17, 15) is 9.90 Å². The minimum Gasteiger partial charge on any atom is -0.493 e. The topological polar surface area (TPSA) is 77.0 Å². The summed E-state index contributed by atoms with van der Waals surface area (Å²) in [5.41, 5.74) is 0.872. The van der Waals surface area contributed by atoms with Gasteiger partial charge < -0.3 is 24.6 Å². The Bertz CT molecular complexity index is 491. The van der Waals surface area contributed by atoms with E-state index >= 15 is 0 Å². The van der Waals surface area contributed by atoms with E-state index in [4.69, 9.17) is 14.2 Å². The van der Waals surface area contributed by atoms with Gasteiger partial charge in [0.15, 0.2) is 11.5 Å². The van der Waals surface area contributed by atoms with Crippen LogP contribution in [0.3, 0.4) is 0 Å². The number of rotatable bonds is 10. The van der Waals surface area contributed by atoms with Gasteiger partial charge in [-0.05, 0) is 37.0 Å². The van der Waals surface area contributed by atoms with E-state index in [1.807, 2.05) is 32.9 Å². The maximum absolute atomic E-state index is 11.3. The second-order valence-electron chi connectivity index (χ2n) is 5.66. The van der Waals surface area contributed by atoms with Gasteiger partial charge in [-0.15, -0.1) is 0 Å². The number of nitrogens with one attached hydrogen (secondary N) is 1. The number of carboxylic acids is 1. The molecule has 1 rings (SSSR count). The highest BCUT2D eigenvalue weighted by molar-refractivity contribution is 5.73. The van der Waals surface area contributed by atoms with Crippen LogP contribution in [-0.2, 0) is 11.3 Å². The molecule has 23 heavy (non-hydrogen) atoms. The molecule has 0 radical (unpaired) electrons. The Balaban J connectivity index is 2.93. The molecule has 0 heterocycles. The summed E-state index contributed by atoms with van der Waals surface area (Å²) in [5, 5.41) is 12.4. The standard InChI is InChI=1S/C17H27NO5/c1-6-23-16-14(21-4)8-12(9-15(16)22-5)10-18-13(17(19)20)7-11(2)3/h8-9,11,13,18H,6-7,10H2,1-5H3,(H,19,20)/t13-/m0/s1. The molecular weight excluding hydrogens is 298 g/mol. The van der Waals surface area contributed by atoms with Gasteiger partial charge in [-0.25, -0.2) is 0 Å². The smallest absolute Gasteiger partial charge is 0.320 e. The van der Waals surface area contributed by atoms with Gasteiger partial charge in [-0.3, -0.25) is 4.79 Å². The molecule has 0 saturated carbocycles. The molecule has 1 aromatic carbocycles. The number of carboxylic acid groups (broad SMARTS) is 1. The lowest BCUT2D eigenvalue weighted by Gasteiger charge is -2.18. The summed E-state index contributed by atoms with van der Waals surface area (Å²) in [6.45, 7) is 6.79. The van der Waals surface area contributed by atoms with E-state index in [0.717, 1.165) is 5.56 Å². The van der Waals surface area contributed by atoms with Crippen molar-refractivity contribution >= 4 is 5.97 Å². The molecule has 130 valence electrons. The van der Waals surface area contributed by atoms with E-state index in [-0.39, 0.29) is 0 Å². The first-order valence-electron chi connectivity index (χ1n) is 7.76. The molecule has 6 heteroatoms. The lowest BCUT2D eigenvalue weighted by Crippen LogP contribution is -2.37. The molecule has 0 aliphatic heterocycles. The zero-order valence-corrected chi connectivity index (χ0v) is 14.5. The van der Waals surface area contributed by atoms with Gasteiger partial charge in [0.1, 0.15) is 6.04 Å². The monoisotopic (exact) mass is 325 g/mol.